The van der Waals surface area contributed by atoms with Crippen LogP contribution in [0.1, 0.15) is 17.3 Å². The summed E-state index contributed by atoms with van der Waals surface area (Å²) in [5, 5.41) is 9.01. The van der Waals surface area contributed by atoms with Gasteiger partial charge in [0.05, 0.1) is 16.2 Å². The quantitative estimate of drug-likeness (QED) is 0.886. The van der Waals surface area contributed by atoms with Gasteiger partial charge < -0.3 is 5.11 Å². The van der Waals surface area contributed by atoms with Crippen molar-refractivity contribution in [2.75, 3.05) is 5.75 Å². The van der Waals surface area contributed by atoms with Gasteiger partial charge in [0.2, 0.25) is 0 Å². The number of carbonyl (C=O) groups is 1. The molecule has 0 saturated heterocycles. The molecule has 15 heavy (non-hydrogen) atoms. The second-order valence-corrected chi connectivity index (χ2v) is 5.53. The normalized spacial score (nSPS) is 11.3. The fourth-order valence-electron chi connectivity index (χ4n) is 1.09. The Morgan fingerprint density at radius 2 is 2.07 bits per heavy atom. The maximum Gasteiger partial charge on any atom is 0.337 e. The molecule has 0 atom stereocenters. The van der Waals surface area contributed by atoms with Gasteiger partial charge >= 0.3 is 5.97 Å². The fraction of sp³-hybridized carbons (Fsp3) is 0.222. The van der Waals surface area contributed by atoms with Crippen LogP contribution in [0.15, 0.2) is 23.1 Å². The molecule has 0 amide bonds. The van der Waals surface area contributed by atoms with Crippen LogP contribution in [0.2, 0.25) is 5.02 Å². The van der Waals surface area contributed by atoms with E-state index in [1.807, 2.05) is 0 Å². The standard InChI is InChI=1S/C9H9ClO4S/c1-2-15(13,14)8-5-6(10)3-4-7(8)9(11)12/h3-5H,2H2,1H3,(H,11,12). The van der Waals surface area contributed by atoms with Gasteiger partial charge in [0.1, 0.15) is 0 Å². The van der Waals surface area contributed by atoms with E-state index in [-0.39, 0.29) is 21.2 Å². The molecule has 1 aromatic carbocycles. The van der Waals surface area contributed by atoms with Crippen LogP contribution in [-0.4, -0.2) is 25.2 Å². The topological polar surface area (TPSA) is 71.4 Å². The Morgan fingerprint density at radius 1 is 1.47 bits per heavy atom. The Bertz CT molecular complexity index is 493. The number of sulfone groups is 1. The van der Waals surface area contributed by atoms with Crippen LogP contribution < -0.4 is 0 Å². The van der Waals surface area contributed by atoms with Crippen LogP contribution in [0.4, 0.5) is 0 Å². The number of hydrogen-bond acceptors (Lipinski definition) is 3. The summed E-state index contributed by atoms with van der Waals surface area (Å²) in [5.41, 5.74) is -0.249. The SMILES string of the molecule is CCS(=O)(=O)c1cc(Cl)ccc1C(=O)O. The number of benzene rings is 1. The lowest BCUT2D eigenvalue weighted by molar-refractivity contribution is 0.0692. The van der Waals surface area contributed by atoms with Crippen LogP contribution in [-0.2, 0) is 9.84 Å². The van der Waals surface area contributed by atoms with Crippen LogP contribution in [0, 0.1) is 0 Å². The maximum atomic E-state index is 11.6. The lowest BCUT2D eigenvalue weighted by atomic mass is 10.2. The van der Waals surface area contributed by atoms with Crippen molar-refractivity contribution in [3.63, 3.8) is 0 Å². The zero-order chi connectivity index (χ0) is 11.6. The highest BCUT2D eigenvalue weighted by atomic mass is 35.5. The van der Waals surface area contributed by atoms with E-state index in [4.69, 9.17) is 16.7 Å². The number of halogens is 1. The first-order valence-electron chi connectivity index (χ1n) is 4.14. The summed E-state index contributed by atoms with van der Waals surface area (Å²) in [6, 6.07) is 3.69. The van der Waals surface area contributed by atoms with Crippen molar-refractivity contribution in [3.05, 3.63) is 28.8 Å². The van der Waals surface area contributed by atoms with Gasteiger partial charge in [-0.3, -0.25) is 0 Å². The lowest BCUT2D eigenvalue weighted by Crippen LogP contribution is -2.10. The van der Waals surface area contributed by atoms with Crippen molar-refractivity contribution in [1.82, 2.24) is 0 Å². The molecule has 0 aliphatic rings. The molecular weight excluding hydrogens is 240 g/mol. The molecular formula is C9H9ClO4S. The monoisotopic (exact) mass is 248 g/mol. The van der Waals surface area contributed by atoms with E-state index in [2.05, 4.69) is 0 Å². The van der Waals surface area contributed by atoms with E-state index in [0.29, 0.717) is 0 Å². The number of rotatable bonds is 3. The molecule has 0 aliphatic heterocycles. The molecule has 0 heterocycles. The molecule has 0 aromatic heterocycles. The third kappa shape index (κ3) is 2.49. The Morgan fingerprint density at radius 3 is 2.53 bits per heavy atom. The van der Waals surface area contributed by atoms with Crippen LogP contribution in [0.5, 0.6) is 0 Å². The molecule has 4 nitrogen and oxygen atoms in total. The summed E-state index contributed by atoms with van der Waals surface area (Å²) < 4.78 is 23.1. The molecule has 0 fully saturated rings. The second kappa shape index (κ2) is 4.20. The van der Waals surface area contributed by atoms with Gasteiger partial charge in [-0.05, 0) is 18.2 Å². The third-order valence-corrected chi connectivity index (χ3v) is 3.89. The van der Waals surface area contributed by atoms with E-state index < -0.39 is 15.8 Å². The highest BCUT2D eigenvalue weighted by Crippen LogP contribution is 2.21. The predicted octanol–water partition coefficient (Wildman–Crippen LogP) is 1.83. The average Bonchev–Trinajstić information content (AvgIpc) is 2.17. The van der Waals surface area contributed by atoms with E-state index in [1.54, 1.807) is 0 Å². The van der Waals surface area contributed by atoms with Crippen molar-refractivity contribution >= 4 is 27.4 Å². The van der Waals surface area contributed by atoms with Gasteiger partial charge in [-0.2, -0.15) is 0 Å². The smallest absolute Gasteiger partial charge is 0.337 e. The molecule has 1 rings (SSSR count). The summed E-state index contributed by atoms with van der Waals surface area (Å²) in [6.07, 6.45) is 0. The highest BCUT2D eigenvalue weighted by molar-refractivity contribution is 7.91. The van der Waals surface area contributed by atoms with Gasteiger partial charge in [0, 0.05) is 5.02 Å². The van der Waals surface area contributed by atoms with Crippen molar-refractivity contribution < 1.29 is 18.3 Å². The lowest BCUT2D eigenvalue weighted by Gasteiger charge is -2.05. The Kier molecular flexibility index (Phi) is 3.36. The van der Waals surface area contributed by atoms with E-state index in [1.165, 1.54) is 19.1 Å². The van der Waals surface area contributed by atoms with Crippen LogP contribution in [0.3, 0.4) is 0 Å². The van der Waals surface area contributed by atoms with Gasteiger partial charge in [-0.1, -0.05) is 18.5 Å². The van der Waals surface area contributed by atoms with Gasteiger partial charge in [-0.25, -0.2) is 13.2 Å². The third-order valence-electron chi connectivity index (χ3n) is 1.89. The van der Waals surface area contributed by atoms with Crippen LogP contribution >= 0.6 is 11.6 Å². The second-order valence-electron chi connectivity index (χ2n) is 2.85. The molecule has 0 unspecified atom stereocenters. The first-order valence-corrected chi connectivity index (χ1v) is 6.17. The highest BCUT2D eigenvalue weighted by Gasteiger charge is 2.20. The average molecular weight is 249 g/mol. The van der Waals surface area contributed by atoms with Gasteiger partial charge in [-0.15, -0.1) is 0 Å². The number of carboxylic acid groups (broad SMARTS) is 1. The molecule has 0 spiro atoms. The number of carboxylic acids is 1. The summed E-state index contributed by atoms with van der Waals surface area (Å²) in [7, 11) is -3.56. The Hall–Kier alpha value is -1.07. The summed E-state index contributed by atoms with van der Waals surface area (Å²) in [6.45, 7) is 1.45. The molecule has 1 aromatic rings. The maximum absolute atomic E-state index is 11.6. The summed E-state index contributed by atoms with van der Waals surface area (Å²) >= 11 is 5.63. The summed E-state index contributed by atoms with van der Waals surface area (Å²) in [5.74, 6) is -1.44. The van der Waals surface area contributed by atoms with Crippen LogP contribution in [0.25, 0.3) is 0 Å². The Balaban J connectivity index is 3.51. The van der Waals surface area contributed by atoms with Crippen molar-refractivity contribution in [2.24, 2.45) is 0 Å². The fourth-order valence-corrected chi connectivity index (χ4v) is 2.43. The minimum absolute atomic E-state index is 0.159. The first-order chi connectivity index (χ1) is 6.88. The van der Waals surface area contributed by atoms with E-state index >= 15 is 0 Å². The molecule has 82 valence electrons. The van der Waals surface area contributed by atoms with Gasteiger partial charge in [0.15, 0.2) is 9.84 Å². The first kappa shape index (κ1) is 12.0. The number of aromatic carboxylic acids is 1. The predicted molar refractivity (Wildman–Crippen MR) is 56.1 cm³/mol. The zero-order valence-corrected chi connectivity index (χ0v) is 9.47. The van der Waals surface area contributed by atoms with E-state index in [0.717, 1.165) is 6.07 Å². The molecule has 0 radical (unpaired) electrons. The Labute approximate surface area is 92.4 Å². The van der Waals surface area contributed by atoms with E-state index in [9.17, 15) is 13.2 Å². The van der Waals surface area contributed by atoms with Crippen molar-refractivity contribution in [1.29, 1.82) is 0 Å². The van der Waals surface area contributed by atoms with Crippen molar-refractivity contribution in [3.8, 4) is 0 Å². The molecule has 0 saturated carbocycles. The number of hydrogen-bond donors (Lipinski definition) is 1. The van der Waals surface area contributed by atoms with Crippen molar-refractivity contribution in [2.45, 2.75) is 11.8 Å². The largest absolute Gasteiger partial charge is 0.478 e. The summed E-state index contributed by atoms with van der Waals surface area (Å²) in [4.78, 5) is 10.6. The molecule has 6 heteroatoms. The zero-order valence-electron chi connectivity index (χ0n) is 7.90. The minimum Gasteiger partial charge on any atom is -0.478 e. The van der Waals surface area contributed by atoms with Gasteiger partial charge in [0.25, 0.3) is 0 Å². The molecule has 0 bridgehead atoms. The minimum atomic E-state index is -3.56. The molecule has 1 N–H and O–H groups in total. The molecule has 0 aliphatic carbocycles.